The minimum absolute atomic E-state index is 0.628. The predicted octanol–water partition coefficient (Wildman–Crippen LogP) is 8.64. The van der Waals surface area contributed by atoms with Crippen LogP contribution in [0.1, 0.15) is 0 Å². The van der Waals surface area contributed by atoms with Crippen LogP contribution in [0.5, 0.6) is 11.5 Å². The third kappa shape index (κ3) is 4.22. The van der Waals surface area contributed by atoms with Gasteiger partial charge in [0.2, 0.25) is 0 Å². The first-order valence-corrected chi connectivity index (χ1v) is 13.7. The molecule has 6 nitrogen and oxygen atoms in total. The number of aromatic nitrogens is 5. The SMILES string of the molecule is c1ccc(-c2cc(Oc3cnc4c5ccccc5n(-c5ccccn5)c4c3)cc(-c3cc4ccccc4nn3)c2)cc1. The van der Waals surface area contributed by atoms with E-state index < -0.39 is 0 Å². The van der Waals surface area contributed by atoms with Gasteiger partial charge in [0, 0.05) is 28.6 Å². The van der Waals surface area contributed by atoms with Crippen molar-refractivity contribution in [3.63, 3.8) is 0 Å². The molecule has 4 heterocycles. The monoisotopic (exact) mass is 541 g/mol. The number of para-hydroxylation sites is 1. The first-order chi connectivity index (χ1) is 20.8. The van der Waals surface area contributed by atoms with Gasteiger partial charge in [0.1, 0.15) is 17.3 Å². The third-order valence-electron chi connectivity index (χ3n) is 7.40. The highest BCUT2D eigenvalue weighted by molar-refractivity contribution is 6.07. The fourth-order valence-electron chi connectivity index (χ4n) is 5.46. The topological polar surface area (TPSA) is 65.7 Å². The molecule has 0 atom stereocenters. The molecule has 4 aromatic heterocycles. The van der Waals surface area contributed by atoms with E-state index in [2.05, 4.69) is 56.1 Å². The summed E-state index contributed by atoms with van der Waals surface area (Å²) in [7, 11) is 0. The second-order valence-corrected chi connectivity index (χ2v) is 10.1. The maximum atomic E-state index is 6.54. The Morgan fingerprint density at radius 3 is 2.26 bits per heavy atom. The fourth-order valence-corrected chi connectivity index (χ4v) is 5.46. The van der Waals surface area contributed by atoms with Gasteiger partial charge in [-0.1, -0.05) is 72.8 Å². The zero-order valence-corrected chi connectivity index (χ0v) is 22.4. The summed E-state index contributed by atoms with van der Waals surface area (Å²) >= 11 is 0. The summed E-state index contributed by atoms with van der Waals surface area (Å²) in [6.45, 7) is 0. The van der Waals surface area contributed by atoms with Gasteiger partial charge < -0.3 is 4.74 Å². The number of ether oxygens (including phenoxy) is 1. The zero-order valence-electron chi connectivity index (χ0n) is 22.4. The van der Waals surface area contributed by atoms with Crippen molar-refractivity contribution in [2.45, 2.75) is 0 Å². The molecule has 0 amide bonds. The van der Waals surface area contributed by atoms with Crippen LogP contribution in [0.2, 0.25) is 0 Å². The number of pyridine rings is 2. The van der Waals surface area contributed by atoms with Crippen LogP contribution < -0.4 is 4.74 Å². The normalized spacial score (nSPS) is 11.3. The third-order valence-corrected chi connectivity index (χ3v) is 7.40. The lowest BCUT2D eigenvalue weighted by atomic mass is 10.0. The van der Waals surface area contributed by atoms with Crippen molar-refractivity contribution in [1.82, 2.24) is 24.7 Å². The maximum Gasteiger partial charge on any atom is 0.147 e. The van der Waals surface area contributed by atoms with Gasteiger partial charge >= 0.3 is 0 Å². The largest absolute Gasteiger partial charge is 0.456 e. The zero-order chi connectivity index (χ0) is 27.9. The van der Waals surface area contributed by atoms with Crippen molar-refractivity contribution in [3.05, 3.63) is 140 Å². The predicted molar refractivity (Wildman–Crippen MR) is 167 cm³/mol. The van der Waals surface area contributed by atoms with Crippen molar-refractivity contribution < 1.29 is 4.74 Å². The summed E-state index contributed by atoms with van der Waals surface area (Å²) in [4.78, 5) is 9.48. The van der Waals surface area contributed by atoms with Gasteiger partial charge in [-0.2, -0.15) is 0 Å². The average Bonchev–Trinajstić information content (AvgIpc) is 3.39. The highest BCUT2D eigenvalue weighted by atomic mass is 16.5. The summed E-state index contributed by atoms with van der Waals surface area (Å²) in [5.74, 6) is 2.14. The number of fused-ring (bicyclic) bond motifs is 4. The van der Waals surface area contributed by atoms with Crippen LogP contribution in [0.3, 0.4) is 0 Å². The highest BCUT2D eigenvalue weighted by Gasteiger charge is 2.16. The molecule has 42 heavy (non-hydrogen) atoms. The van der Waals surface area contributed by atoms with E-state index in [1.165, 1.54) is 0 Å². The Morgan fingerprint density at radius 1 is 0.548 bits per heavy atom. The molecular formula is C36H23N5O. The van der Waals surface area contributed by atoms with Gasteiger partial charge in [-0.15, -0.1) is 10.2 Å². The quantitative estimate of drug-likeness (QED) is 0.218. The first-order valence-electron chi connectivity index (χ1n) is 13.7. The molecule has 0 unspecified atom stereocenters. The molecule has 0 saturated heterocycles. The van der Waals surface area contributed by atoms with E-state index in [1.807, 2.05) is 91.0 Å². The molecule has 6 heteroatoms. The average molecular weight is 542 g/mol. The Morgan fingerprint density at radius 2 is 1.36 bits per heavy atom. The number of hydrogen-bond donors (Lipinski definition) is 0. The molecule has 0 fully saturated rings. The lowest BCUT2D eigenvalue weighted by Gasteiger charge is -2.12. The summed E-state index contributed by atoms with van der Waals surface area (Å²) in [5, 5.41) is 11.1. The molecule has 0 radical (unpaired) electrons. The van der Waals surface area contributed by atoms with Crippen LogP contribution in [-0.4, -0.2) is 24.7 Å². The molecule has 0 aliphatic carbocycles. The number of rotatable bonds is 5. The molecular weight excluding hydrogens is 518 g/mol. The molecule has 0 N–H and O–H groups in total. The second kappa shape index (κ2) is 9.94. The Kier molecular flexibility index (Phi) is 5.67. The molecule has 8 aromatic rings. The molecule has 8 rings (SSSR count). The van der Waals surface area contributed by atoms with Crippen molar-refractivity contribution in [2.75, 3.05) is 0 Å². The van der Waals surface area contributed by atoms with Crippen LogP contribution >= 0.6 is 0 Å². The minimum Gasteiger partial charge on any atom is -0.456 e. The highest BCUT2D eigenvalue weighted by Crippen LogP contribution is 2.36. The van der Waals surface area contributed by atoms with Crippen molar-refractivity contribution in [1.29, 1.82) is 0 Å². The van der Waals surface area contributed by atoms with E-state index in [1.54, 1.807) is 12.4 Å². The molecule has 0 saturated carbocycles. The molecule has 0 aliphatic heterocycles. The summed E-state index contributed by atoms with van der Waals surface area (Å²) in [6.07, 6.45) is 3.58. The molecule has 0 spiro atoms. The van der Waals surface area contributed by atoms with Gasteiger partial charge in [-0.05, 0) is 59.7 Å². The summed E-state index contributed by atoms with van der Waals surface area (Å²) in [5.41, 5.74) is 7.53. The first kappa shape index (κ1) is 24.0. The van der Waals surface area contributed by atoms with E-state index in [-0.39, 0.29) is 0 Å². The Labute approximate surface area is 241 Å². The molecule has 4 aromatic carbocycles. The lowest BCUT2D eigenvalue weighted by Crippen LogP contribution is -1.97. The van der Waals surface area contributed by atoms with Crippen LogP contribution in [0.25, 0.3) is 61.0 Å². The fraction of sp³-hybridized carbons (Fsp3) is 0. The van der Waals surface area contributed by atoms with E-state index in [4.69, 9.17) is 9.72 Å². The smallest absolute Gasteiger partial charge is 0.147 e. The van der Waals surface area contributed by atoms with Gasteiger partial charge in [0.25, 0.3) is 0 Å². The summed E-state index contributed by atoms with van der Waals surface area (Å²) in [6, 6.07) is 42.7. The summed E-state index contributed by atoms with van der Waals surface area (Å²) < 4.78 is 8.67. The Bertz CT molecular complexity index is 2230. The number of hydrogen-bond acceptors (Lipinski definition) is 5. The van der Waals surface area contributed by atoms with Crippen LogP contribution in [-0.2, 0) is 0 Å². The lowest BCUT2D eigenvalue weighted by molar-refractivity contribution is 0.481. The Balaban J connectivity index is 1.27. The van der Waals surface area contributed by atoms with Crippen LogP contribution in [0.4, 0.5) is 0 Å². The number of nitrogens with zero attached hydrogens (tertiary/aromatic N) is 5. The molecule has 0 aliphatic rings. The minimum atomic E-state index is 0.628. The van der Waals surface area contributed by atoms with E-state index >= 15 is 0 Å². The van der Waals surface area contributed by atoms with Crippen molar-refractivity contribution in [2.24, 2.45) is 0 Å². The van der Waals surface area contributed by atoms with Gasteiger partial charge in [0.15, 0.2) is 0 Å². The van der Waals surface area contributed by atoms with Gasteiger partial charge in [-0.25, -0.2) is 4.98 Å². The van der Waals surface area contributed by atoms with Crippen molar-refractivity contribution >= 4 is 32.8 Å². The number of benzene rings is 4. The standard InChI is InChI=1S/C36H23N5O/c1-2-10-24(11-3-1)26-18-27(32-21-25-12-4-6-14-31(25)39-40-32)20-28(19-26)42-29-22-34-36(38-23-29)30-13-5-7-15-33(30)41(34)35-16-8-9-17-37-35/h1-23H. The van der Waals surface area contributed by atoms with Crippen molar-refractivity contribution in [3.8, 4) is 39.7 Å². The van der Waals surface area contributed by atoms with E-state index in [0.717, 1.165) is 61.0 Å². The maximum absolute atomic E-state index is 6.54. The van der Waals surface area contributed by atoms with Crippen LogP contribution in [0.15, 0.2) is 140 Å². The molecule has 0 bridgehead atoms. The van der Waals surface area contributed by atoms with Crippen LogP contribution in [0, 0.1) is 0 Å². The van der Waals surface area contributed by atoms with Gasteiger partial charge in [-0.3, -0.25) is 9.55 Å². The van der Waals surface area contributed by atoms with Gasteiger partial charge in [0.05, 0.1) is 34.0 Å². The second-order valence-electron chi connectivity index (χ2n) is 10.1. The Hall–Kier alpha value is -5.88. The molecule has 198 valence electrons. The van der Waals surface area contributed by atoms with E-state index in [0.29, 0.717) is 11.5 Å². The van der Waals surface area contributed by atoms with E-state index in [9.17, 15) is 0 Å².